The second-order valence-electron chi connectivity index (χ2n) is 1.98. The number of hydrogen-bond donors (Lipinski definition) is 1. The van der Waals surface area contributed by atoms with Crippen LogP contribution in [0, 0.1) is 18.8 Å². The standard InChI is InChI=1S/C9H8N/c1-2-4-8-5-3-6-9(10)7-8/h1,3-7H,10H2. The fraction of sp³-hybridized carbons (Fsp3) is 0. The molecule has 0 spiro atoms. The molecule has 1 aromatic carbocycles. The highest BCUT2D eigenvalue weighted by Gasteiger charge is 1.88. The van der Waals surface area contributed by atoms with Crippen molar-refractivity contribution >= 4 is 5.69 Å². The molecular formula is C9H8N. The molecule has 0 aliphatic rings. The highest BCUT2D eigenvalue weighted by molar-refractivity contribution is 5.45. The van der Waals surface area contributed by atoms with Gasteiger partial charge in [0, 0.05) is 5.69 Å². The first-order valence-corrected chi connectivity index (χ1v) is 2.98. The molecule has 0 bridgehead atoms. The molecule has 1 radical (unpaired) electrons. The van der Waals surface area contributed by atoms with E-state index in [1.807, 2.05) is 24.3 Å². The van der Waals surface area contributed by atoms with Gasteiger partial charge in [-0.25, -0.2) is 0 Å². The molecule has 0 saturated carbocycles. The number of rotatable bonds is 1. The smallest absolute Gasteiger partial charge is 0.0628 e. The lowest BCUT2D eigenvalue weighted by atomic mass is 10.1. The fourth-order valence-electron chi connectivity index (χ4n) is 0.745. The second kappa shape index (κ2) is 2.93. The van der Waals surface area contributed by atoms with Crippen molar-refractivity contribution in [1.29, 1.82) is 0 Å². The van der Waals surface area contributed by atoms with Gasteiger partial charge in [-0.3, -0.25) is 0 Å². The first-order chi connectivity index (χ1) is 4.83. The predicted octanol–water partition coefficient (Wildman–Crippen LogP) is 1.45. The molecule has 49 valence electrons. The maximum atomic E-state index is 5.50. The second-order valence-corrected chi connectivity index (χ2v) is 1.98. The van der Waals surface area contributed by atoms with Crippen LogP contribution in [0.4, 0.5) is 5.69 Å². The Hall–Kier alpha value is -1.42. The van der Waals surface area contributed by atoms with Crippen LogP contribution in [0.1, 0.15) is 5.56 Å². The topological polar surface area (TPSA) is 26.0 Å². The Morgan fingerprint density at radius 3 is 2.90 bits per heavy atom. The van der Waals surface area contributed by atoms with Crippen LogP contribution in [0.25, 0.3) is 0 Å². The zero-order chi connectivity index (χ0) is 7.40. The molecule has 1 aromatic rings. The first kappa shape index (κ1) is 6.70. The Morgan fingerprint density at radius 1 is 1.50 bits per heavy atom. The van der Waals surface area contributed by atoms with Gasteiger partial charge >= 0.3 is 0 Å². The van der Waals surface area contributed by atoms with E-state index in [1.165, 1.54) is 0 Å². The highest BCUT2D eigenvalue weighted by atomic mass is 14.5. The minimum Gasteiger partial charge on any atom is -0.399 e. The highest BCUT2D eigenvalue weighted by Crippen LogP contribution is 2.07. The summed E-state index contributed by atoms with van der Waals surface area (Å²) in [6.45, 7) is 0. The van der Waals surface area contributed by atoms with Gasteiger partial charge in [-0.1, -0.05) is 18.1 Å². The zero-order valence-corrected chi connectivity index (χ0v) is 5.54. The van der Waals surface area contributed by atoms with Crippen molar-refractivity contribution in [3.05, 3.63) is 36.2 Å². The number of hydrogen-bond acceptors (Lipinski definition) is 1. The van der Waals surface area contributed by atoms with Crippen LogP contribution in [0.15, 0.2) is 24.3 Å². The molecule has 0 unspecified atom stereocenters. The molecule has 10 heavy (non-hydrogen) atoms. The van der Waals surface area contributed by atoms with Crippen LogP contribution in [-0.4, -0.2) is 0 Å². The van der Waals surface area contributed by atoms with E-state index < -0.39 is 0 Å². The van der Waals surface area contributed by atoms with Crippen molar-refractivity contribution in [3.8, 4) is 12.3 Å². The summed E-state index contributed by atoms with van der Waals surface area (Å²) in [5, 5.41) is 0. The molecule has 0 aromatic heterocycles. The lowest BCUT2D eigenvalue weighted by Gasteiger charge is -1.94. The van der Waals surface area contributed by atoms with E-state index >= 15 is 0 Å². The van der Waals surface area contributed by atoms with Crippen molar-refractivity contribution in [1.82, 2.24) is 0 Å². The maximum absolute atomic E-state index is 5.50. The number of nitrogen functional groups attached to an aromatic ring is 1. The molecule has 1 rings (SSSR count). The molecule has 0 amide bonds. The van der Waals surface area contributed by atoms with E-state index in [4.69, 9.17) is 12.2 Å². The van der Waals surface area contributed by atoms with Gasteiger partial charge in [-0.2, -0.15) is 0 Å². The number of terminal acetylenes is 1. The predicted molar refractivity (Wildman–Crippen MR) is 43.1 cm³/mol. The quantitative estimate of drug-likeness (QED) is 0.452. The summed E-state index contributed by atoms with van der Waals surface area (Å²) >= 11 is 0. The minimum atomic E-state index is 0.740. The van der Waals surface area contributed by atoms with Gasteiger partial charge in [0.2, 0.25) is 0 Å². The summed E-state index contributed by atoms with van der Waals surface area (Å²) < 4.78 is 0. The Balaban J connectivity index is 2.87. The number of anilines is 1. The average Bonchev–Trinajstić information content (AvgIpc) is 1.88. The van der Waals surface area contributed by atoms with Crippen molar-refractivity contribution in [2.75, 3.05) is 5.73 Å². The fourth-order valence-corrected chi connectivity index (χ4v) is 0.745. The van der Waals surface area contributed by atoms with Crippen LogP contribution in [0.5, 0.6) is 0 Å². The summed E-state index contributed by atoms with van der Waals surface area (Å²) in [5.41, 5.74) is 7.21. The van der Waals surface area contributed by atoms with E-state index in [2.05, 4.69) is 5.92 Å². The van der Waals surface area contributed by atoms with Crippen molar-refractivity contribution in [2.24, 2.45) is 0 Å². The van der Waals surface area contributed by atoms with Crippen molar-refractivity contribution in [2.45, 2.75) is 0 Å². The molecule has 0 atom stereocenters. The monoisotopic (exact) mass is 130 g/mol. The first-order valence-electron chi connectivity index (χ1n) is 2.98. The Kier molecular flexibility index (Phi) is 1.96. The lowest BCUT2D eigenvalue weighted by molar-refractivity contribution is 1.55. The van der Waals surface area contributed by atoms with E-state index in [-0.39, 0.29) is 0 Å². The van der Waals surface area contributed by atoms with Gasteiger partial charge in [0.15, 0.2) is 0 Å². The Bertz CT molecular complexity index is 258. The minimum absolute atomic E-state index is 0.740. The number of benzene rings is 1. The summed E-state index contributed by atoms with van der Waals surface area (Å²) in [5.74, 6) is 2.43. The third kappa shape index (κ3) is 1.53. The van der Waals surface area contributed by atoms with Gasteiger partial charge in [-0.15, -0.1) is 6.42 Å². The third-order valence-electron chi connectivity index (χ3n) is 1.16. The van der Waals surface area contributed by atoms with Crippen molar-refractivity contribution in [3.63, 3.8) is 0 Å². The molecule has 0 saturated heterocycles. The molecule has 0 aliphatic carbocycles. The van der Waals surface area contributed by atoms with Gasteiger partial charge in [0.05, 0.1) is 6.42 Å². The van der Waals surface area contributed by atoms with E-state index in [0.29, 0.717) is 0 Å². The molecule has 1 heteroatoms. The lowest BCUT2D eigenvalue weighted by Crippen LogP contribution is -1.85. The Morgan fingerprint density at radius 2 is 2.30 bits per heavy atom. The molecular weight excluding hydrogens is 122 g/mol. The van der Waals surface area contributed by atoms with Gasteiger partial charge in [0.1, 0.15) is 0 Å². The summed E-state index contributed by atoms with van der Waals surface area (Å²) in [4.78, 5) is 0. The van der Waals surface area contributed by atoms with Crippen LogP contribution >= 0.6 is 0 Å². The van der Waals surface area contributed by atoms with Crippen LogP contribution in [0.2, 0.25) is 0 Å². The normalized spacial score (nSPS) is 8.70. The molecule has 2 N–H and O–H groups in total. The third-order valence-corrected chi connectivity index (χ3v) is 1.16. The Labute approximate surface area is 60.9 Å². The van der Waals surface area contributed by atoms with Crippen LogP contribution < -0.4 is 5.73 Å². The van der Waals surface area contributed by atoms with Gasteiger partial charge in [-0.05, 0) is 17.7 Å². The summed E-state index contributed by atoms with van der Waals surface area (Å²) in [6, 6.07) is 7.45. The largest absolute Gasteiger partial charge is 0.399 e. The average molecular weight is 130 g/mol. The van der Waals surface area contributed by atoms with Gasteiger partial charge in [0.25, 0.3) is 0 Å². The summed E-state index contributed by atoms with van der Waals surface area (Å²) in [6.07, 6.45) is 6.74. The SMILES string of the molecule is C#C[CH]c1cccc(N)c1. The molecule has 0 fully saturated rings. The van der Waals surface area contributed by atoms with E-state index in [9.17, 15) is 0 Å². The van der Waals surface area contributed by atoms with Gasteiger partial charge < -0.3 is 5.73 Å². The summed E-state index contributed by atoms with van der Waals surface area (Å²) in [7, 11) is 0. The van der Waals surface area contributed by atoms with E-state index in [1.54, 1.807) is 6.42 Å². The van der Waals surface area contributed by atoms with E-state index in [0.717, 1.165) is 11.3 Å². The molecule has 0 heterocycles. The van der Waals surface area contributed by atoms with Crippen LogP contribution in [-0.2, 0) is 0 Å². The van der Waals surface area contributed by atoms with Crippen LogP contribution in [0.3, 0.4) is 0 Å². The van der Waals surface area contributed by atoms with Crippen molar-refractivity contribution < 1.29 is 0 Å². The molecule has 0 aliphatic heterocycles. The zero-order valence-electron chi connectivity index (χ0n) is 5.54. The number of nitrogens with two attached hydrogens (primary N) is 1. The maximum Gasteiger partial charge on any atom is 0.0628 e. The molecule has 1 nitrogen and oxygen atoms in total.